The molecule has 1 saturated heterocycles. The summed E-state index contributed by atoms with van der Waals surface area (Å²) in [7, 11) is -3.07. The molecule has 0 unspecified atom stereocenters. The van der Waals surface area contributed by atoms with Crippen molar-refractivity contribution in [2.45, 2.75) is 31.1 Å². The summed E-state index contributed by atoms with van der Waals surface area (Å²) in [5.74, 6) is 0.623. The van der Waals surface area contributed by atoms with Crippen LogP contribution in [0.15, 0.2) is 29.8 Å². The molecule has 1 atom stereocenters. The lowest BCUT2D eigenvalue weighted by Crippen LogP contribution is -2.46. The van der Waals surface area contributed by atoms with Gasteiger partial charge in [-0.1, -0.05) is 6.08 Å². The van der Waals surface area contributed by atoms with Crippen molar-refractivity contribution in [3.8, 4) is 0 Å². The van der Waals surface area contributed by atoms with Crippen LogP contribution < -0.4 is 10.2 Å². The second-order valence-corrected chi connectivity index (χ2v) is 8.03. The zero-order valence-electron chi connectivity index (χ0n) is 12.8. The Bertz CT molecular complexity index is 708. The maximum atomic E-state index is 12.6. The molecule has 24 heavy (non-hydrogen) atoms. The lowest BCUT2D eigenvalue weighted by atomic mass is 10.0. The molecule has 0 bridgehead atoms. The third kappa shape index (κ3) is 4.07. The molecule has 2 aliphatic rings. The fourth-order valence-electron chi connectivity index (χ4n) is 3.00. The van der Waals surface area contributed by atoms with Crippen LogP contribution in [0.3, 0.4) is 0 Å². The van der Waals surface area contributed by atoms with Crippen molar-refractivity contribution in [1.82, 2.24) is 10.3 Å². The van der Waals surface area contributed by atoms with Crippen molar-refractivity contribution in [1.29, 1.82) is 0 Å². The highest BCUT2D eigenvalue weighted by atomic mass is 32.2. The first-order valence-corrected chi connectivity index (χ1v) is 9.40. The number of nitrogens with one attached hydrogen (secondary N) is 1. The minimum atomic E-state index is -4.38. The van der Waals surface area contributed by atoms with Crippen LogP contribution in [-0.2, 0) is 16.0 Å². The summed E-state index contributed by atoms with van der Waals surface area (Å²) in [4.78, 5) is 5.86. The van der Waals surface area contributed by atoms with E-state index in [1.165, 1.54) is 11.5 Å². The number of piperidine rings is 1. The van der Waals surface area contributed by atoms with Gasteiger partial charge in [-0.25, -0.2) is 13.4 Å². The predicted molar refractivity (Wildman–Crippen MR) is 84.3 cm³/mol. The van der Waals surface area contributed by atoms with Crippen LogP contribution in [0.2, 0.25) is 0 Å². The molecular weight excluding hydrogens is 343 g/mol. The molecule has 0 amide bonds. The molecule has 1 aromatic heterocycles. The van der Waals surface area contributed by atoms with E-state index in [9.17, 15) is 21.6 Å². The van der Waals surface area contributed by atoms with Crippen LogP contribution in [0, 0.1) is 0 Å². The van der Waals surface area contributed by atoms with Gasteiger partial charge in [-0.3, -0.25) is 0 Å². The molecule has 9 heteroatoms. The second-order valence-electron chi connectivity index (χ2n) is 6.10. The van der Waals surface area contributed by atoms with Gasteiger partial charge in [0, 0.05) is 36.8 Å². The number of rotatable bonds is 3. The van der Waals surface area contributed by atoms with E-state index >= 15 is 0 Å². The second kappa shape index (κ2) is 6.36. The van der Waals surface area contributed by atoms with Gasteiger partial charge in [-0.2, -0.15) is 13.2 Å². The van der Waals surface area contributed by atoms with Crippen molar-refractivity contribution in [3.63, 3.8) is 0 Å². The first kappa shape index (κ1) is 17.2. The molecule has 1 fully saturated rings. The largest absolute Gasteiger partial charge is 0.417 e. The van der Waals surface area contributed by atoms with Crippen LogP contribution in [0.5, 0.6) is 0 Å². The maximum absolute atomic E-state index is 12.6. The summed E-state index contributed by atoms with van der Waals surface area (Å²) >= 11 is 0. The van der Waals surface area contributed by atoms with E-state index in [1.54, 1.807) is 6.08 Å². The van der Waals surface area contributed by atoms with Gasteiger partial charge < -0.3 is 10.2 Å². The Balaban J connectivity index is 1.53. The van der Waals surface area contributed by atoms with Gasteiger partial charge >= 0.3 is 6.18 Å². The lowest BCUT2D eigenvalue weighted by Gasteiger charge is -2.34. The Hall–Kier alpha value is -1.61. The minimum Gasteiger partial charge on any atom is -0.357 e. The quantitative estimate of drug-likeness (QED) is 0.892. The van der Waals surface area contributed by atoms with Gasteiger partial charge in [-0.15, -0.1) is 0 Å². The summed E-state index contributed by atoms with van der Waals surface area (Å²) in [5, 5.41) is 4.55. The van der Waals surface area contributed by atoms with Crippen LogP contribution in [-0.4, -0.2) is 44.3 Å². The monoisotopic (exact) mass is 361 g/mol. The molecule has 2 aliphatic heterocycles. The van der Waals surface area contributed by atoms with Crippen molar-refractivity contribution in [3.05, 3.63) is 35.4 Å². The van der Waals surface area contributed by atoms with Gasteiger partial charge in [0.25, 0.3) is 0 Å². The van der Waals surface area contributed by atoms with Gasteiger partial charge in [0.05, 0.1) is 11.3 Å². The smallest absolute Gasteiger partial charge is 0.357 e. The molecule has 0 radical (unpaired) electrons. The van der Waals surface area contributed by atoms with E-state index in [2.05, 4.69) is 10.3 Å². The predicted octanol–water partition coefficient (Wildman–Crippen LogP) is 1.97. The van der Waals surface area contributed by atoms with E-state index in [0.717, 1.165) is 25.1 Å². The number of nitrogens with zero attached hydrogens (tertiary/aromatic N) is 2. The number of hydrogen-bond donors (Lipinski definition) is 1. The molecule has 1 aromatic rings. The average molecular weight is 361 g/mol. The van der Waals surface area contributed by atoms with Crippen LogP contribution >= 0.6 is 0 Å². The summed E-state index contributed by atoms with van der Waals surface area (Å²) in [6.45, 7) is 1.33. The SMILES string of the molecule is O=S1(=O)C=C[C@H](NC2CCN(c3ccc(C(F)(F)F)cn3)CC2)C1. The number of alkyl halides is 3. The number of sulfone groups is 1. The molecule has 5 nitrogen and oxygen atoms in total. The first-order chi connectivity index (χ1) is 11.2. The van der Waals surface area contributed by atoms with E-state index in [-0.39, 0.29) is 17.8 Å². The standard InChI is InChI=1S/C15H18F3N3O2S/c16-15(17,18)11-1-2-14(19-9-11)21-6-3-12(4-7-21)20-13-5-8-24(22,23)10-13/h1-2,5,8-9,12-13,20H,3-4,6-7,10H2/t13-/m0/s1. The minimum absolute atomic E-state index is 0.0909. The van der Waals surface area contributed by atoms with Crippen molar-refractivity contribution < 1.29 is 21.6 Å². The highest BCUT2D eigenvalue weighted by molar-refractivity contribution is 7.94. The van der Waals surface area contributed by atoms with Crippen molar-refractivity contribution in [2.24, 2.45) is 0 Å². The van der Waals surface area contributed by atoms with Gasteiger partial charge in [0.2, 0.25) is 0 Å². The van der Waals surface area contributed by atoms with Gasteiger partial charge in [0.15, 0.2) is 9.84 Å². The Labute approximate surface area is 138 Å². The Morgan fingerprint density at radius 3 is 2.42 bits per heavy atom. The average Bonchev–Trinajstić information content (AvgIpc) is 2.86. The Morgan fingerprint density at radius 2 is 1.92 bits per heavy atom. The van der Waals surface area contributed by atoms with E-state index in [4.69, 9.17) is 0 Å². The third-order valence-corrected chi connectivity index (χ3v) is 5.67. The molecule has 0 saturated carbocycles. The molecule has 0 spiro atoms. The normalized spacial score (nSPS) is 24.5. The van der Waals surface area contributed by atoms with Gasteiger partial charge in [0.1, 0.15) is 5.82 Å². The number of halogens is 3. The fourth-order valence-corrected chi connectivity index (χ4v) is 4.25. The van der Waals surface area contributed by atoms with Crippen LogP contribution in [0.1, 0.15) is 18.4 Å². The maximum Gasteiger partial charge on any atom is 0.417 e. The number of pyridine rings is 1. The number of anilines is 1. The Morgan fingerprint density at radius 1 is 1.21 bits per heavy atom. The van der Waals surface area contributed by atoms with Gasteiger partial charge in [-0.05, 0) is 25.0 Å². The molecule has 0 aromatic carbocycles. The zero-order chi connectivity index (χ0) is 17.4. The molecule has 132 valence electrons. The summed E-state index contributed by atoms with van der Waals surface area (Å²) in [5.41, 5.74) is -0.753. The first-order valence-electron chi connectivity index (χ1n) is 7.68. The summed E-state index contributed by atoms with van der Waals surface area (Å²) in [6, 6.07) is 2.47. The van der Waals surface area contributed by atoms with Crippen molar-refractivity contribution >= 4 is 15.7 Å². The van der Waals surface area contributed by atoms with E-state index < -0.39 is 21.6 Å². The molecule has 3 rings (SSSR count). The Kier molecular flexibility index (Phi) is 4.56. The van der Waals surface area contributed by atoms with E-state index in [0.29, 0.717) is 18.9 Å². The highest BCUT2D eigenvalue weighted by Crippen LogP contribution is 2.29. The fraction of sp³-hybridized carbons (Fsp3) is 0.533. The van der Waals surface area contributed by atoms with Crippen LogP contribution in [0.4, 0.5) is 19.0 Å². The molecule has 0 aliphatic carbocycles. The molecule has 1 N–H and O–H groups in total. The van der Waals surface area contributed by atoms with Crippen molar-refractivity contribution in [2.75, 3.05) is 23.7 Å². The summed E-state index contributed by atoms with van der Waals surface area (Å²) in [6.07, 6.45) is -0.287. The van der Waals surface area contributed by atoms with E-state index in [1.807, 2.05) is 4.90 Å². The number of hydrogen-bond acceptors (Lipinski definition) is 5. The zero-order valence-corrected chi connectivity index (χ0v) is 13.6. The highest BCUT2D eigenvalue weighted by Gasteiger charge is 2.31. The summed E-state index contributed by atoms with van der Waals surface area (Å²) < 4.78 is 60.4. The molecule has 3 heterocycles. The molecular formula is C15H18F3N3O2S. The lowest BCUT2D eigenvalue weighted by molar-refractivity contribution is -0.137. The third-order valence-electron chi connectivity index (χ3n) is 4.27. The number of aromatic nitrogens is 1. The topological polar surface area (TPSA) is 62.3 Å². The van der Waals surface area contributed by atoms with Crippen LogP contribution in [0.25, 0.3) is 0 Å².